The maximum absolute atomic E-state index is 13.4. The van der Waals surface area contributed by atoms with E-state index in [1.54, 1.807) is 55.5 Å². The standard InChI is InChI=1S/C28H24ClNO7/c1-4-37-28(34)18-8-5-9-19(13-18)30-24(16-7-6-10-20(14-16)35-2)23(26(32)27(30)33)25(31)17-11-12-22(36-3)21(29)15-17/h5-15,24,31H,4H2,1-3H3/b25-23+. The third kappa shape index (κ3) is 4.88. The first-order valence-corrected chi connectivity index (χ1v) is 11.7. The second-order valence-corrected chi connectivity index (χ2v) is 8.47. The van der Waals surface area contributed by atoms with Crippen LogP contribution in [-0.4, -0.2) is 43.6 Å². The van der Waals surface area contributed by atoms with Crippen LogP contribution >= 0.6 is 11.6 Å². The molecule has 37 heavy (non-hydrogen) atoms. The number of aliphatic hydroxyl groups is 1. The van der Waals surface area contributed by atoms with Crippen molar-refractivity contribution in [1.82, 2.24) is 0 Å². The molecule has 8 nitrogen and oxygen atoms in total. The molecule has 0 saturated carbocycles. The smallest absolute Gasteiger partial charge is 0.338 e. The van der Waals surface area contributed by atoms with Crippen molar-refractivity contribution in [1.29, 1.82) is 0 Å². The van der Waals surface area contributed by atoms with Crippen LogP contribution in [-0.2, 0) is 14.3 Å². The average molecular weight is 522 g/mol. The van der Waals surface area contributed by atoms with Crippen LogP contribution < -0.4 is 14.4 Å². The molecule has 0 bridgehead atoms. The van der Waals surface area contributed by atoms with E-state index in [1.807, 2.05) is 0 Å². The van der Waals surface area contributed by atoms with E-state index in [1.165, 1.54) is 37.3 Å². The van der Waals surface area contributed by atoms with Crippen LogP contribution in [0.25, 0.3) is 5.76 Å². The maximum Gasteiger partial charge on any atom is 0.338 e. The zero-order chi connectivity index (χ0) is 26.7. The Morgan fingerprint density at radius 3 is 2.41 bits per heavy atom. The lowest BCUT2D eigenvalue weighted by molar-refractivity contribution is -0.132. The number of nitrogens with zero attached hydrogens (tertiary/aromatic N) is 1. The number of esters is 1. The number of halogens is 1. The minimum Gasteiger partial charge on any atom is -0.507 e. The first-order valence-electron chi connectivity index (χ1n) is 11.4. The molecule has 9 heteroatoms. The third-order valence-electron chi connectivity index (χ3n) is 5.91. The summed E-state index contributed by atoms with van der Waals surface area (Å²) >= 11 is 6.25. The topological polar surface area (TPSA) is 102 Å². The van der Waals surface area contributed by atoms with E-state index in [4.69, 9.17) is 25.8 Å². The second kappa shape index (κ2) is 10.8. The maximum atomic E-state index is 13.4. The Hall–Kier alpha value is -4.30. The summed E-state index contributed by atoms with van der Waals surface area (Å²) in [6.07, 6.45) is 0. The summed E-state index contributed by atoms with van der Waals surface area (Å²) in [5.74, 6) is -1.84. The largest absolute Gasteiger partial charge is 0.507 e. The van der Waals surface area contributed by atoms with Crippen molar-refractivity contribution in [3.8, 4) is 11.5 Å². The van der Waals surface area contributed by atoms with Gasteiger partial charge in [0.2, 0.25) is 0 Å². The fraction of sp³-hybridized carbons (Fsp3) is 0.179. The predicted octanol–water partition coefficient (Wildman–Crippen LogP) is 5.16. The molecule has 1 aliphatic heterocycles. The number of rotatable bonds is 7. The fourth-order valence-corrected chi connectivity index (χ4v) is 4.45. The van der Waals surface area contributed by atoms with Crippen molar-refractivity contribution in [3.05, 3.63) is 94.0 Å². The van der Waals surface area contributed by atoms with Crippen molar-refractivity contribution in [3.63, 3.8) is 0 Å². The SMILES string of the molecule is CCOC(=O)c1cccc(N2C(=O)C(=O)/C(=C(/O)c3ccc(OC)c(Cl)c3)C2c2cccc(OC)c2)c1. The molecule has 1 N–H and O–H groups in total. The highest BCUT2D eigenvalue weighted by Crippen LogP contribution is 2.43. The molecule has 0 spiro atoms. The highest BCUT2D eigenvalue weighted by Gasteiger charge is 2.47. The van der Waals surface area contributed by atoms with E-state index in [0.29, 0.717) is 17.1 Å². The molecule has 3 aromatic rings. The Morgan fingerprint density at radius 2 is 1.73 bits per heavy atom. The van der Waals surface area contributed by atoms with Gasteiger partial charge in [-0.3, -0.25) is 14.5 Å². The van der Waals surface area contributed by atoms with E-state index in [2.05, 4.69) is 0 Å². The van der Waals surface area contributed by atoms with E-state index in [0.717, 1.165) is 0 Å². The number of amides is 1. The summed E-state index contributed by atoms with van der Waals surface area (Å²) in [4.78, 5) is 40.4. The Kier molecular flexibility index (Phi) is 7.50. The molecule has 1 fully saturated rings. The Morgan fingerprint density at radius 1 is 0.973 bits per heavy atom. The van der Waals surface area contributed by atoms with Crippen molar-refractivity contribution < 1.29 is 33.7 Å². The van der Waals surface area contributed by atoms with Crippen LogP contribution in [0, 0.1) is 0 Å². The number of ketones is 1. The zero-order valence-corrected chi connectivity index (χ0v) is 21.1. The van der Waals surface area contributed by atoms with E-state index in [-0.39, 0.29) is 34.0 Å². The van der Waals surface area contributed by atoms with Gasteiger partial charge in [-0.2, -0.15) is 0 Å². The van der Waals surface area contributed by atoms with Gasteiger partial charge in [0.05, 0.1) is 43.0 Å². The van der Waals surface area contributed by atoms with Crippen LogP contribution in [0.1, 0.15) is 34.5 Å². The van der Waals surface area contributed by atoms with Gasteiger partial charge < -0.3 is 19.3 Å². The normalized spacial score (nSPS) is 16.5. The Balaban J connectivity index is 1.93. The number of carbonyl (C=O) groups is 3. The lowest BCUT2D eigenvalue weighted by atomic mass is 9.95. The molecule has 1 aliphatic rings. The Bertz CT molecular complexity index is 1420. The first kappa shape index (κ1) is 25.8. The first-order chi connectivity index (χ1) is 17.8. The molecule has 190 valence electrons. The second-order valence-electron chi connectivity index (χ2n) is 8.07. The van der Waals surface area contributed by atoms with Gasteiger partial charge in [-0.15, -0.1) is 0 Å². The van der Waals surface area contributed by atoms with Gasteiger partial charge in [0.15, 0.2) is 0 Å². The van der Waals surface area contributed by atoms with Crippen molar-refractivity contribution in [2.45, 2.75) is 13.0 Å². The van der Waals surface area contributed by atoms with E-state index >= 15 is 0 Å². The quantitative estimate of drug-likeness (QED) is 0.198. The molecule has 1 saturated heterocycles. The molecule has 1 heterocycles. The molecule has 0 radical (unpaired) electrons. The molecule has 1 amide bonds. The predicted molar refractivity (Wildman–Crippen MR) is 138 cm³/mol. The minimum atomic E-state index is -1.02. The van der Waals surface area contributed by atoms with E-state index < -0.39 is 29.5 Å². The van der Waals surface area contributed by atoms with Gasteiger partial charge in [-0.05, 0) is 61.0 Å². The van der Waals surface area contributed by atoms with Gasteiger partial charge in [0.1, 0.15) is 17.3 Å². The van der Waals surface area contributed by atoms with Crippen molar-refractivity contribution >= 4 is 40.7 Å². The number of benzene rings is 3. The molecular weight excluding hydrogens is 498 g/mol. The number of aliphatic hydroxyl groups excluding tert-OH is 1. The van der Waals surface area contributed by atoms with Crippen LogP contribution in [0.5, 0.6) is 11.5 Å². The average Bonchev–Trinajstić information content (AvgIpc) is 3.18. The summed E-state index contributed by atoms with van der Waals surface area (Å²) in [5.41, 5.74) is 1.11. The van der Waals surface area contributed by atoms with Crippen LogP contribution in [0.4, 0.5) is 5.69 Å². The fourth-order valence-electron chi connectivity index (χ4n) is 4.19. The minimum absolute atomic E-state index is 0.138. The third-order valence-corrected chi connectivity index (χ3v) is 6.21. The van der Waals surface area contributed by atoms with Crippen LogP contribution in [0.3, 0.4) is 0 Å². The van der Waals surface area contributed by atoms with Crippen molar-refractivity contribution in [2.75, 3.05) is 25.7 Å². The summed E-state index contributed by atoms with van der Waals surface area (Å²) < 4.78 is 15.6. The number of hydrogen-bond donors (Lipinski definition) is 1. The van der Waals surface area contributed by atoms with Gasteiger partial charge in [0.25, 0.3) is 11.7 Å². The van der Waals surface area contributed by atoms with Crippen LogP contribution in [0.15, 0.2) is 72.3 Å². The number of ether oxygens (including phenoxy) is 3. The highest BCUT2D eigenvalue weighted by molar-refractivity contribution is 6.51. The number of methoxy groups -OCH3 is 2. The molecule has 3 aromatic carbocycles. The van der Waals surface area contributed by atoms with Gasteiger partial charge >= 0.3 is 5.97 Å². The number of Topliss-reactive ketones (excluding diaryl/α,β-unsaturated/α-hetero) is 1. The monoisotopic (exact) mass is 521 g/mol. The number of hydrogen-bond acceptors (Lipinski definition) is 7. The lowest BCUT2D eigenvalue weighted by Crippen LogP contribution is -2.29. The molecule has 0 aromatic heterocycles. The summed E-state index contributed by atoms with van der Waals surface area (Å²) in [6, 6.07) is 16.6. The molecule has 4 rings (SSSR count). The van der Waals surface area contributed by atoms with Crippen molar-refractivity contribution in [2.24, 2.45) is 0 Å². The van der Waals surface area contributed by atoms with Gasteiger partial charge in [-0.25, -0.2) is 4.79 Å². The summed E-state index contributed by atoms with van der Waals surface area (Å²) in [5, 5.41) is 11.5. The number of carbonyl (C=O) groups excluding carboxylic acids is 3. The van der Waals surface area contributed by atoms with Gasteiger partial charge in [-0.1, -0.05) is 29.8 Å². The van der Waals surface area contributed by atoms with Gasteiger partial charge in [0, 0.05) is 11.3 Å². The Labute approximate surface area is 218 Å². The summed E-state index contributed by atoms with van der Waals surface area (Å²) in [6.45, 7) is 1.87. The van der Waals surface area contributed by atoms with Crippen LogP contribution in [0.2, 0.25) is 5.02 Å². The molecule has 0 aliphatic carbocycles. The zero-order valence-electron chi connectivity index (χ0n) is 20.4. The van der Waals surface area contributed by atoms with E-state index in [9.17, 15) is 19.5 Å². The highest BCUT2D eigenvalue weighted by atomic mass is 35.5. The lowest BCUT2D eigenvalue weighted by Gasteiger charge is -2.26. The number of anilines is 1. The summed E-state index contributed by atoms with van der Waals surface area (Å²) in [7, 11) is 2.96. The molecular formula is C28H24ClNO7. The molecule has 1 unspecified atom stereocenters. The molecule has 1 atom stereocenters.